The van der Waals surface area contributed by atoms with Gasteiger partial charge in [0.2, 0.25) is 0 Å². The highest BCUT2D eigenvalue weighted by atomic mass is 35.5. The predicted molar refractivity (Wildman–Crippen MR) is 72.6 cm³/mol. The average molecular weight is 247 g/mol. The highest BCUT2D eigenvalue weighted by Gasteiger charge is 2.05. The van der Waals surface area contributed by atoms with Crippen molar-refractivity contribution in [2.24, 2.45) is 0 Å². The monoisotopic (exact) mass is 246 g/mol. The summed E-state index contributed by atoms with van der Waals surface area (Å²) in [6, 6.07) is 12.3. The van der Waals surface area contributed by atoms with Crippen LogP contribution in [0.4, 0.5) is 5.69 Å². The van der Waals surface area contributed by atoms with Gasteiger partial charge < -0.3 is 5.32 Å². The number of rotatable bonds is 4. The minimum Gasteiger partial charge on any atom is -0.383 e. The van der Waals surface area contributed by atoms with Crippen LogP contribution in [0.2, 0.25) is 5.02 Å². The molecule has 0 radical (unpaired) electrons. The first-order valence-electron chi connectivity index (χ1n) is 5.65. The van der Waals surface area contributed by atoms with E-state index in [4.69, 9.17) is 11.6 Å². The highest BCUT2D eigenvalue weighted by Crippen LogP contribution is 2.21. The quantitative estimate of drug-likeness (QED) is 0.884. The molecular formula is C14H15ClN2. The number of hydrogen-bond acceptors (Lipinski definition) is 2. The van der Waals surface area contributed by atoms with Crippen LogP contribution in [0, 0.1) is 0 Å². The summed E-state index contributed by atoms with van der Waals surface area (Å²) in [5.41, 5.74) is 2.26. The summed E-state index contributed by atoms with van der Waals surface area (Å²) in [6.07, 6.45) is 3.39. The van der Waals surface area contributed by atoms with Gasteiger partial charge in [-0.15, -0.1) is 0 Å². The van der Waals surface area contributed by atoms with Gasteiger partial charge in [-0.05, 0) is 17.5 Å². The zero-order chi connectivity index (χ0) is 12.1. The Morgan fingerprint density at radius 3 is 2.71 bits per heavy atom. The molecule has 0 amide bonds. The molecule has 2 aromatic rings. The van der Waals surface area contributed by atoms with Gasteiger partial charge in [-0.25, -0.2) is 0 Å². The SMILES string of the molecule is CC(CNc1ccncc1Cl)c1ccccc1. The van der Waals surface area contributed by atoms with Crippen LogP contribution in [-0.2, 0) is 0 Å². The lowest BCUT2D eigenvalue weighted by atomic mass is 10.0. The third-order valence-electron chi connectivity index (χ3n) is 2.74. The molecule has 1 aromatic carbocycles. The molecule has 0 aliphatic heterocycles. The molecule has 2 rings (SSSR count). The van der Waals surface area contributed by atoms with E-state index in [-0.39, 0.29) is 0 Å². The molecule has 0 saturated heterocycles. The topological polar surface area (TPSA) is 24.9 Å². The fourth-order valence-electron chi connectivity index (χ4n) is 1.68. The van der Waals surface area contributed by atoms with Crippen molar-refractivity contribution >= 4 is 17.3 Å². The van der Waals surface area contributed by atoms with Crippen LogP contribution in [0.3, 0.4) is 0 Å². The van der Waals surface area contributed by atoms with E-state index in [0.29, 0.717) is 10.9 Å². The first-order valence-corrected chi connectivity index (χ1v) is 6.03. The van der Waals surface area contributed by atoms with Crippen molar-refractivity contribution < 1.29 is 0 Å². The second-order valence-electron chi connectivity index (χ2n) is 4.05. The van der Waals surface area contributed by atoms with Gasteiger partial charge in [0.1, 0.15) is 0 Å². The standard InChI is InChI=1S/C14H15ClN2/c1-11(12-5-3-2-4-6-12)9-17-14-7-8-16-10-13(14)15/h2-8,10-11H,9H2,1H3,(H,16,17). The molecule has 1 atom stereocenters. The van der Waals surface area contributed by atoms with Gasteiger partial charge >= 0.3 is 0 Å². The molecule has 1 aromatic heterocycles. The fourth-order valence-corrected chi connectivity index (χ4v) is 1.87. The van der Waals surface area contributed by atoms with E-state index in [9.17, 15) is 0 Å². The normalized spacial score (nSPS) is 12.1. The van der Waals surface area contributed by atoms with E-state index in [1.165, 1.54) is 5.56 Å². The molecule has 3 heteroatoms. The molecule has 0 aliphatic rings. The van der Waals surface area contributed by atoms with E-state index in [0.717, 1.165) is 12.2 Å². The van der Waals surface area contributed by atoms with Gasteiger partial charge in [-0.1, -0.05) is 48.9 Å². The van der Waals surface area contributed by atoms with Crippen LogP contribution in [0.25, 0.3) is 0 Å². The Kier molecular flexibility index (Phi) is 3.99. The molecule has 17 heavy (non-hydrogen) atoms. The van der Waals surface area contributed by atoms with Crippen molar-refractivity contribution in [2.45, 2.75) is 12.8 Å². The molecule has 1 N–H and O–H groups in total. The third kappa shape index (κ3) is 3.21. The van der Waals surface area contributed by atoms with E-state index >= 15 is 0 Å². The smallest absolute Gasteiger partial charge is 0.0820 e. The molecule has 88 valence electrons. The number of benzene rings is 1. The first-order chi connectivity index (χ1) is 8.27. The number of aromatic nitrogens is 1. The zero-order valence-corrected chi connectivity index (χ0v) is 10.5. The zero-order valence-electron chi connectivity index (χ0n) is 9.73. The molecule has 0 aliphatic carbocycles. The van der Waals surface area contributed by atoms with Crippen LogP contribution in [0.5, 0.6) is 0 Å². The fraction of sp³-hybridized carbons (Fsp3) is 0.214. The maximum atomic E-state index is 6.03. The Labute approximate surface area is 107 Å². The van der Waals surface area contributed by atoms with Crippen LogP contribution >= 0.6 is 11.6 Å². The lowest BCUT2D eigenvalue weighted by molar-refractivity contribution is 0.805. The van der Waals surface area contributed by atoms with Crippen molar-refractivity contribution in [3.05, 3.63) is 59.4 Å². The molecule has 1 unspecified atom stereocenters. The number of hydrogen-bond donors (Lipinski definition) is 1. The Balaban J connectivity index is 1.97. The van der Waals surface area contributed by atoms with Gasteiger partial charge in [-0.3, -0.25) is 4.98 Å². The Morgan fingerprint density at radius 2 is 2.00 bits per heavy atom. The maximum Gasteiger partial charge on any atom is 0.0820 e. The number of nitrogens with zero attached hydrogens (tertiary/aromatic N) is 1. The second kappa shape index (κ2) is 5.69. The number of pyridine rings is 1. The predicted octanol–water partition coefficient (Wildman–Crippen LogP) is 3.95. The van der Waals surface area contributed by atoms with Crippen LogP contribution in [0.1, 0.15) is 18.4 Å². The van der Waals surface area contributed by atoms with Gasteiger partial charge in [0, 0.05) is 18.9 Å². The van der Waals surface area contributed by atoms with Crippen molar-refractivity contribution in [1.82, 2.24) is 4.98 Å². The van der Waals surface area contributed by atoms with Gasteiger partial charge in [-0.2, -0.15) is 0 Å². The van der Waals surface area contributed by atoms with E-state index < -0.39 is 0 Å². The van der Waals surface area contributed by atoms with Crippen molar-refractivity contribution in [1.29, 1.82) is 0 Å². The highest BCUT2D eigenvalue weighted by molar-refractivity contribution is 6.33. The Hall–Kier alpha value is -1.54. The minimum absolute atomic E-state index is 0.445. The summed E-state index contributed by atoms with van der Waals surface area (Å²) in [5, 5.41) is 4.00. The Morgan fingerprint density at radius 1 is 1.24 bits per heavy atom. The van der Waals surface area contributed by atoms with E-state index in [1.54, 1.807) is 12.4 Å². The summed E-state index contributed by atoms with van der Waals surface area (Å²) in [6.45, 7) is 3.05. The average Bonchev–Trinajstić information content (AvgIpc) is 2.38. The van der Waals surface area contributed by atoms with Crippen molar-refractivity contribution in [3.8, 4) is 0 Å². The second-order valence-corrected chi connectivity index (χ2v) is 4.46. The third-order valence-corrected chi connectivity index (χ3v) is 3.04. The van der Waals surface area contributed by atoms with Crippen LogP contribution in [0.15, 0.2) is 48.8 Å². The number of anilines is 1. The molecular weight excluding hydrogens is 232 g/mol. The van der Waals surface area contributed by atoms with Gasteiger partial charge in [0.25, 0.3) is 0 Å². The van der Waals surface area contributed by atoms with Gasteiger partial charge in [0.15, 0.2) is 0 Å². The minimum atomic E-state index is 0.445. The molecule has 0 saturated carbocycles. The van der Waals surface area contributed by atoms with Crippen LogP contribution < -0.4 is 5.32 Å². The summed E-state index contributed by atoms with van der Waals surface area (Å²) in [4.78, 5) is 3.96. The summed E-state index contributed by atoms with van der Waals surface area (Å²) in [5.74, 6) is 0.445. The largest absolute Gasteiger partial charge is 0.383 e. The van der Waals surface area contributed by atoms with Crippen molar-refractivity contribution in [3.63, 3.8) is 0 Å². The molecule has 0 bridgehead atoms. The summed E-state index contributed by atoms with van der Waals surface area (Å²) >= 11 is 6.03. The lowest BCUT2D eigenvalue weighted by Crippen LogP contribution is -2.10. The molecule has 0 fully saturated rings. The van der Waals surface area contributed by atoms with Crippen molar-refractivity contribution in [2.75, 3.05) is 11.9 Å². The molecule has 2 nitrogen and oxygen atoms in total. The number of nitrogens with one attached hydrogen (secondary N) is 1. The maximum absolute atomic E-state index is 6.03. The molecule has 0 spiro atoms. The van der Waals surface area contributed by atoms with E-state index in [2.05, 4.69) is 41.5 Å². The summed E-state index contributed by atoms with van der Waals surface area (Å²) < 4.78 is 0. The summed E-state index contributed by atoms with van der Waals surface area (Å²) in [7, 11) is 0. The number of halogens is 1. The van der Waals surface area contributed by atoms with E-state index in [1.807, 2.05) is 12.1 Å². The lowest BCUT2D eigenvalue weighted by Gasteiger charge is -2.14. The first kappa shape index (κ1) is 11.9. The molecule has 1 heterocycles. The van der Waals surface area contributed by atoms with Crippen LogP contribution in [-0.4, -0.2) is 11.5 Å². The van der Waals surface area contributed by atoms with Gasteiger partial charge in [0.05, 0.1) is 10.7 Å². The Bertz CT molecular complexity index is 471.